The normalized spacial score (nSPS) is 17.0. The van der Waals surface area contributed by atoms with Gasteiger partial charge in [-0.1, -0.05) is 12.2 Å². The van der Waals surface area contributed by atoms with Crippen LogP contribution in [0.5, 0.6) is 0 Å². The molecule has 2 saturated heterocycles. The Morgan fingerprint density at radius 2 is 1.59 bits per heavy atom. The Morgan fingerprint density at radius 3 is 2.30 bits per heavy atom. The van der Waals surface area contributed by atoms with Crippen molar-refractivity contribution in [2.24, 2.45) is 16.9 Å². The number of pyridine rings is 1. The zero-order valence-corrected chi connectivity index (χ0v) is 34.4. The summed E-state index contributed by atoms with van der Waals surface area (Å²) in [7, 11) is 0. The number of hydrogen-bond acceptors (Lipinski definition) is 12. The molecule has 8 heterocycles. The summed E-state index contributed by atoms with van der Waals surface area (Å²) in [5, 5.41) is 19.0. The average molecular weight is 832 g/mol. The number of amides is 4. The lowest BCUT2D eigenvalue weighted by Crippen LogP contribution is -2.57. The molecule has 0 unspecified atom stereocenters. The second-order valence-electron chi connectivity index (χ2n) is 15.7. The number of fused-ring (bicyclic) bond motifs is 9. The average Bonchev–Trinajstić information content (AvgIpc) is 4.04. The number of nitrogens with one attached hydrogen (secondary N) is 3. The van der Waals surface area contributed by atoms with E-state index in [1.165, 1.54) is 12.3 Å². The number of hydrogen-bond donors (Lipinski definition) is 5. The van der Waals surface area contributed by atoms with Crippen LogP contribution >= 0.6 is 0 Å². The first kappa shape index (κ1) is 39.5. The highest BCUT2D eigenvalue weighted by atomic mass is 16.5. The van der Waals surface area contributed by atoms with E-state index in [0.717, 1.165) is 39.3 Å². The molecular formula is C40H47N16O5+. The summed E-state index contributed by atoms with van der Waals surface area (Å²) in [5.41, 5.74) is 15.6. The molecule has 316 valence electrons. The van der Waals surface area contributed by atoms with Gasteiger partial charge in [-0.2, -0.15) is 9.67 Å². The Labute approximate surface area is 348 Å². The molecule has 61 heavy (non-hydrogen) atoms. The summed E-state index contributed by atoms with van der Waals surface area (Å²) in [6, 6.07) is 4.85. The molecule has 0 aliphatic carbocycles. The topological polar surface area (TPSA) is 257 Å². The van der Waals surface area contributed by atoms with Crippen molar-refractivity contribution >= 4 is 63.4 Å². The first-order valence-corrected chi connectivity index (χ1v) is 20.3. The SMILES string of the molecule is CCn1nc(C)c2c1C(=O)Nc1nc3cc(C(N)=O)cc(NCCN4CC5(CCOC5)C4)c3n1C/C=C/Cn1c(nc3cc(C(N)=O)cnc31)NC(=O)c1n(CC)nc(C)[n+]1-2. The van der Waals surface area contributed by atoms with Crippen LogP contribution in [0, 0.1) is 19.3 Å². The number of anilines is 3. The molecule has 21 nitrogen and oxygen atoms in total. The van der Waals surface area contributed by atoms with Gasteiger partial charge in [0.05, 0.1) is 34.6 Å². The minimum atomic E-state index is -0.668. The fraction of sp³-hybridized carbons (Fsp3) is 0.400. The Bertz CT molecular complexity index is 2810. The van der Waals surface area contributed by atoms with E-state index in [2.05, 4.69) is 35.9 Å². The number of carbonyl (C=O) groups excluding carboxylic acids is 4. The van der Waals surface area contributed by atoms with Crippen molar-refractivity contribution < 1.29 is 28.5 Å². The van der Waals surface area contributed by atoms with Crippen LogP contribution in [0.4, 0.5) is 17.6 Å². The van der Waals surface area contributed by atoms with E-state index in [4.69, 9.17) is 26.3 Å². The van der Waals surface area contributed by atoms with E-state index >= 15 is 0 Å². The molecule has 5 aromatic heterocycles. The molecule has 0 saturated carbocycles. The van der Waals surface area contributed by atoms with Crippen molar-refractivity contribution in [3.05, 3.63) is 70.7 Å². The monoisotopic (exact) mass is 831 g/mol. The second kappa shape index (κ2) is 15.2. The van der Waals surface area contributed by atoms with Gasteiger partial charge in [0.15, 0.2) is 17.0 Å². The Kier molecular flexibility index (Phi) is 9.85. The van der Waals surface area contributed by atoms with Crippen molar-refractivity contribution in [2.45, 2.75) is 60.3 Å². The third-order valence-electron chi connectivity index (χ3n) is 11.6. The number of likely N-dealkylation sites (tertiary alicyclic amines) is 1. The second-order valence-corrected chi connectivity index (χ2v) is 15.7. The molecule has 6 aromatic rings. The number of carbonyl (C=O) groups is 4. The number of primary amides is 2. The predicted octanol–water partition coefficient (Wildman–Crippen LogP) is 1.51. The molecule has 4 amide bonds. The molecule has 3 aliphatic rings. The predicted molar refractivity (Wildman–Crippen MR) is 223 cm³/mol. The number of nitrogens with zero attached hydrogens (tertiary/aromatic N) is 11. The van der Waals surface area contributed by atoms with Crippen LogP contribution in [-0.4, -0.2) is 112 Å². The number of nitrogens with two attached hydrogens (primary N) is 2. The lowest BCUT2D eigenvalue weighted by Gasteiger charge is -2.47. The van der Waals surface area contributed by atoms with E-state index in [-0.39, 0.29) is 53.0 Å². The zero-order chi connectivity index (χ0) is 42.7. The highest BCUT2D eigenvalue weighted by Crippen LogP contribution is 2.38. The van der Waals surface area contributed by atoms with Crippen molar-refractivity contribution in [3.63, 3.8) is 0 Å². The number of ether oxygens (including phenoxy) is 1. The number of benzene rings is 1. The molecule has 21 heteroatoms. The van der Waals surface area contributed by atoms with Gasteiger partial charge in [-0.3, -0.25) is 39.1 Å². The summed E-state index contributed by atoms with van der Waals surface area (Å²) < 4.78 is 14.0. The van der Waals surface area contributed by atoms with Crippen molar-refractivity contribution in [3.8, 4) is 5.69 Å². The third-order valence-corrected chi connectivity index (χ3v) is 11.6. The van der Waals surface area contributed by atoms with Crippen molar-refractivity contribution in [1.82, 2.24) is 48.5 Å². The first-order chi connectivity index (χ1) is 29.4. The van der Waals surface area contributed by atoms with Gasteiger partial charge < -0.3 is 31.0 Å². The quantitative estimate of drug-likeness (QED) is 0.108. The summed E-state index contributed by atoms with van der Waals surface area (Å²) in [6.07, 6.45) is 6.20. The summed E-state index contributed by atoms with van der Waals surface area (Å²) in [6.45, 7) is 13.2. The van der Waals surface area contributed by atoms with Crippen LogP contribution in [0.2, 0.25) is 0 Å². The van der Waals surface area contributed by atoms with E-state index in [1.54, 1.807) is 44.5 Å². The molecule has 0 bridgehead atoms. The molecule has 3 aliphatic heterocycles. The van der Waals surface area contributed by atoms with Crippen LogP contribution in [-0.2, 0) is 30.9 Å². The Balaban J connectivity index is 1.19. The number of rotatable bonds is 8. The van der Waals surface area contributed by atoms with Crippen LogP contribution in [0.1, 0.15) is 73.6 Å². The number of aromatic nitrogens is 10. The molecule has 7 N–H and O–H groups in total. The molecule has 2 fully saturated rings. The van der Waals surface area contributed by atoms with Gasteiger partial charge in [-0.25, -0.2) is 15.0 Å². The van der Waals surface area contributed by atoms with E-state index in [9.17, 15) is 19.2 Å². The molecule has 0 atom stereocenters. The van der Waals surface area contributed by atoms with Crippen LogP contribution in [0.15, 0.2) is 36.5 Å². The maximum Gasteiger partial charge on any atom is 0.331 e. The molecule has 1 aromatic carbocycles. The number of aryl methyl sites for hydroxylation is 4. The van der Waals surface area contributed by atoms with Crippen molar-refractivity contribution in [2.75, 3.05) is 55.3 Å². The van der Waals surface area contributed by atoms with Gasteiger partial charge in [0, 0.05) is 81.6 Å². The van der Waals surface area contributed by atoms with Gasteiger partial charge in [-0.15, -0.1) is 4.68 Å². The summed E-state index contributed by atoms with van der Waals surface area (Å²) >= 11 is 0. The summed E-state index contributed by atoms with van der Waals surface area (Å²) in [5.74, 6) is -1.47. The van der Waals surface area contributed by atoms with Gasteiger partial charge >= 0.3 is 11.7 Å². The first-order valence-electron chi connectivity index (χ1n) is 20.3. The highest BCUT2D eigenvalue weighted by molar-refractivity contribution is 6.07. The minimum absolute atomic E-state index is 0.117. The third kappa shape index (κ3) is 6.84. The number of allylic oxidation sites excluding steroid dienone is 2. The fourth-order valence-electron chi connectivity index (χ4n) is 8.75. The van der Waals surface area contributed by atoms with Gasteiger partial charge in [0.2, 0.25) is 23.7 Å². The van der Waals surface area contributed by atoms with Gasteiger partial charge in [0.1, 0.15) is 12.1 Å². The van der Waals surface area contributed by atoms with E-state index < -0.39 is 23.6 Å². The van der Waals surface area contributed by atoms with Gasteiger partial charge in [-0.05, 0) is 45.4 Å². The van der Waals surface area contributed by atoms with E-state index in [0.29, 0.717) is 64.7 Å². The summed E-state index contributed by atoms with van der Waals surface area (Å²) in [4.78, 5) is 70.5. The Hall–Kier alpha value is -7.00. The van der Waals surface area contributed by atoms with Crippen LogP contribution in [0.25, 0.3) is 27.9 Å². The fourth-order valence-corrected chi connectivity index (χ4v) is 8.75. The maximum atomic E-state index is 14.8. The lowest BCUT2D eigenvalue weighted by atomic mass is 9.79. The van der Waals surface area contributed by atoms with Crippen molar-refractivity contribution in [1.29, 1.82) is 0 Å². The zero-order valence-electron chi connectivity index (χ0n) is 34.4. The number of imidazole rings is 2. The largest absolute Gasteiger partial charge is 0.382 e. The molecular weight excluding hydrogens is 785 g/mol. The maximum absolute atomic E-state index is 14.8. The standard InChI is InChI=1S/C40H46N16O5/c1-5-54-31-29(22(3)49-54)56-23(4)50-55(6-2)37(56)36(60)48-39-46-28-17-25(33(42)58)18-44-34(28)53(39)12-8-7-11-52-30-26(43-10-13-51-19-40(20-51)9-14-61-21-40)15-24(32(41)57)16-27(30)45-38(52)47-35(31)59/h7-8,15-18,43H,5-6,9-14,19-21H2,1-4H3,(H5-,41,42,45,46,47,48,57,58,59,60)/p+1/b8-7+. The van der Waals surface area contributed by atoms with Crippen LogP contribution in [0.3, 0.4) is 0 Å². The molecule has 9 rings (SSSR count). The minimum Gasteiger partial charge on any atom is -0.382 e. The Morgan fingerprint density at radius 1 is 0.902 bits per heavy atom. The molecule has 0 radical (unpaired) electrons. The van der Waals surface area contributed by atoms with Gasteiger partial charge in [0.25, 0.3) is 11.7 Å². The lowest BCUT2D eigenvalue weighted by molar-refractivity contribution is -0.606. The van der Waals surface area contributed by atoms with E-state index in [1.807, 2.05) is 30.6 Å². The molecule has 1 spiro atoms. The smallest absolute Gasteiger partial charge is 0.331 e. The highest BCUT2D eigenvalue weighted by Gasteiger charge is 2.45. The van der Waals surface area contributed by atoms with Crippen LogP contribution < -0.4 is 32.0 Å².